The normalized spacial score (nSPS) is 19.3. The van der Waals surface area contributed by atoms with E-state index in [0.29, 0.717) is 42.5 Å². The molecule has 0 radical (unpaired) electrons. The average molecular weight is 409 g/mol. The van der Waals surface area contributed by atoms with Gasteiger partial charge in [0.2, 0.25) is 0 Å². The third-order valence-corrected chi connectivity index (χ3v) is 5.66. The number of aliphatic imine (C=N–C) groups is 1. The van der Waals surface area contributed by atoms with Gasteiger partial charge in [0.05, 0.1) is 6.04 Å². The number of para-hydroxylation sites is 1. The number of benzene rings is 2. The first-order valence-electron chi connectivity index (χ1n) is 9.79. The van der Waals surface area contributed by atoms with Crippen LogP contribution in [-0.4, -0.2) is 24.1 Å². The quantitative estimate of drug-likeness (QED) is 0.838. The maximum absolute atomic E-state index is 13.7. The molecule has 1 atom stereocenters. The summed E-state index contributed by atoms with van der Waals surface area (Å²) in [6.45, 7) is 2.35. The van der Waals surface area contributed by atoms with E-state index in [9.17, 15) is 18.4 Å². The lowest BCUT2D eigenvalue weighted by Crippen LogP contribution is -2.40. The maximum Gasteiger partial charge on any atom is 0.267 e. The summed E-state index contributed by atoms with van der Waals surface area (Å²) in [6.07, 6.45) is 1.19. The first kappa shape index (κ1) is 19.9. The van der Waals surface area contributed by atoms with Crippen molar-refractivity contribution in [3.05, 3.63) is 76.4 Å². The molecule has 1 unspecified atom stereocenters. The number of rotatable bonds is 3. The van der Waals surface area contributed by atoms with Crippen LogP contribution in [0.1, 0.15) is 36.4 Å². The molecular weight excluding hydrogens is 388 g/mol. The molecule has 30 heavy (non-hydrogen) atoms. The molecule has 0 aliphatic carbocycles. The first-order chi connectivity index (χ1) is 14.4. The number of hydrogen-bond donors (Lipinski definition) is 1. The summed E-state index contributed by atoms with van der Waals surface area (Å²) in [5.41, 5.74) is 8.95. The highest BCUT2D eigenvalue weighted by atomic mass is 19.2. The van der Waals surface area contributed by atoms with E-state index >= 15 is 0 Å². The molecular formula is C23H21F2N3O2. The van der Waals surface area contributed by atoms with Gasteiger partial charge in [-0.3, -0.25) is 14.6 Å². The predicted molar refractivity (Wildman–Crippen MR) is 110 cm³/mol. The van der Waals surface area contributed by atoms with Gasteiger partial charge in [-0.1, -0.05) is 24.3 Å². The lowest BCUT2D eigenvalue weighted by Gasteiger charge is -2.31. The van der Waals surface area contributed by atoms with Crippen LogP contribution in [0.25, 0.3) is 0 Å². The van der Waals surface area contributed by atoms with Crippen molar-refractivity contribution in [2.75, 3.05) is 11.4 Å². The molecule has 0 spiro atoms. The van der Waals surface area contributed by atoms with E-state index in [0.717, 1.165) is 23.4 Å². The Balaban J connectivity index is 1.71. The van der Waals surface area contributed by atoms with E-state index in [1.807, 2.05) is 31.2 Å². The smallest absolute Gasteiger partial charge is 0.267 e. The van der Waals surface area contributed by atoms with Crippen LogP contribution in [0.15, 0.2) is 58.6 Å². The SMILES string of the molecule is Cc1ccccc1N1CCC2=C(CCC(c3ccc(F)c(F)c3)N=C2C(N)=O)C1=O. The minimum absolute atomic E-state index is 0.0509. The van der Waals surface area contributed by atoms with Crippen LogP contribution in [0, 0.1) is 18.6 Å². The molecule has 4 rings (SSSR count). The van der Waals surface area contributed by atoms with Gasteiger partial charge in [0.15, 0.2) is 11.6 Å². The highest BCUT2D eigenvalue weighted by Crippen LogP contribution is 2.36. The van der Waals surface area contributed by atoms with Gasteiger partial charge >= 0.3 is 0 Å². The van der Waals surface area contributed by atoms with Crippen LogP contribution in [0.5, 0.6) is 0 Å². The molecule has 2 aliphatic heterocycles. The molecule has 2 heterocycles. The first-order valence-corrected chi connectivity index (χ1v) is 9.79. The summed E-state index contributed by atoms with van der Waals surface area (Å²) in [5, 5.41) is 0. The Morgan fingerprint density at radius 2 is 1.87 bits per heavy atom. The minimum atomic E-state index is -0.980. The van der Waals surface area contributed by atoms with E-state index in [-0.39, 0.29) is 11.6 Å². The van der Waals surface area contributed by atoms with E-state index in [1.54, 1.807) is 4.90 Å². The minimum Gasteiger partial charge on any atom is -0.364 e. The van der Waals surface area contributed by atoms with Crippen molar-refractivity contribution >= 4 is 23.2 Å². The van der Waals surface area contributed by atoms with Crippen molar-refractivity contribution in [2.45, 2.75) is 32.2 Å². The van der Waals surface area contributed by atoms with E-state index in [4.69, 9.17) is 5.73 Å². The van der Waals surface area contributed by atoms with Crippen molar-refractivity contribution in [3.8, 4) is 0 Å². The molecule has 0 bridgehead atoms. The summed E-state index contributed by atoms with van der Waals surface area (Å²) < 4.78 is 27.1. The van der Waals surface area contributed by atoms with Gasteiger partial charge in [-0.15, -0.1) is 0 Å². The molecule has 2 amide bonds. The van der Waals surface area contributed by atoms with Crippen LogP contribution in [-0.2, 0) is 9.59 Å². The molecule has 0 saturated heterocycles. The van der Waals surface area contributed by atoms with Gasteiger partial charge in [0.1, 0.15) is 5.71 Å². The van der Waals surface area contributed by atoms with Crippen molar-refractivity contribution in [1.29, 1.82) is 0 Å². The Hall–Kier alpha value is -3.35. The summed E-state index contributed by atoms with van der Waals surface area (Å²) in [7, 11) is 0. The highest BCUT2D eigenvalue weighted by Gasteiger charge is 2.34. The van der Waals surface area contributed by atoms with E-state index in [1.165, 1.54) is 6.07 Å². The summed E-state index contributed by atoms with van der Waals surface area (Å²) in [4.78, 5) is 31.7. The van der Waals surface area contributed by atoms with Crippen molar-refractivity contribution in [2.24, 2.45) is 10.7 Å². The molecule has 2 aromatic carbocycles. The van der Waals surface area contributed by atoms with Crippen molar-refractivity contribution < 1.29 is 18.4 Å². The zero-order valence-corrected chi connectivity index (χ0v) is 16.5. The number of nitrogens with zero attached hydrogens (tertiary/aromatic N) is 2. The number of aryl methyl sites for hydroxylation is 1. The van der Waals surface area contributed by atoms with Gasteiger partial charge in [-0.25, -0.2) is 8.78 Å². The largest absolute Gasteiger partial charge is 0.364 e. The second kappa shape index (κ2) is 7.82. The molecule has 5 nitrogen and oxygen atoms in total. The number of amides is 2. The molecule has 2 aromatic rings. The summed E-state index contributed by atoms with van der Waals surface area (Å²) in [6, 6.07) is 10.6. The van der Waals surface area contributed by atoms with Crippen LogP contribution in [0.3, 0.4) is 0 Å². The molecule has 154 valence electrons. The lowest BCUT2D eigenvalue weighted by atomic mass is 9.91. The highest BCUT2D eigenvalue weighted by molar-refractivity contribution is 6.46. The van der Waals surface area contributed by atoms with Gasteiger partial charge in [0.25, 0.3) is 11.8 Å². The Kier molecular flexibility index (Phi) is 5.20. The number of carbonyl (C=O) groups is 2. The van der Waals surface area contributed by atoms with Gasteiger partial charge in [0, 0.05) is 17.8 Å². The Bertz CT molecular complexity index is 1110. The Morgan fingerprint density at radius 1 is 1.10 bits per heavy atom. The lowest BCUT2D eigenvalue weighted by molar-refractivity contribution is -0.115. The molecule has 2 N–H and O–H groups in total. The standard InChI is InChI=1S/C23H21F2N3O2/c1-13-4-2-3-5-20(13)28-11-10-15-16(23(28)30)7-9-19(27-21(15)22(26)29)14-6-8-17(24)18(25)12-14/h2-6,8,12,19H,7,9-11H2,1H3,(H2,26,29). The molecule has 0 fully saturated rings. The summed E-state index contributed by atoms with van der Waals surface area (Å²) >= 11 is 0. The van der Waals surface area contributed by atoms with Crippen LogP contribution in [0.4, 0.5) is 14.5 Å². The number of anilines is 1. The fourth-order valence-corrected chi connectivity index (χ4v) is 4.14. The third kappa shape index (κ3) is 3.51. The van der Waals surface area contributed by atoms with Crippen molar-refractivity contribution in [3.63, 3.8) is 0 Å². The second-order valence-corrected chi connectivity index (χ2v) is 7.52. The predicted octanol–water partition coefficient (Wildman–Crippen LogP) is 3.77. The number of carbonyl (C=O) groups excluding carboxylic acids is 2. The van der Waals surface area contributed by atoms with Crippen LogP contribution < -0.4 is 10.6 Å². The van der Waals surface area contributed by atoms with Crippen LogP contribution >= 0.6 is 0 Å². The fourth-order valence-electron chi connectivity index (χ4n) is 4.14. The number of hydrogen-bond acceptors (Lipinski definition) is 3. The van der Waals surface area contributed by atoms with E-state index < -0.39 is 23.6 Å². The molecule has 0 aromatic heterocycles. The second-order valence-electron chi connectivity index (χ2n) is 7.52. The maximum atomic E-state index is 13.7. The number of nitrogens with two attached hydrogens (primary N) is 1. The third-order valence-electron chi connectivity index (χ3n) is 5.66. The van der Waals surface area contributed by atoms with Gasteiger partial charge in [-0.2, -0.15) is 0 Å². The van der Waals surface area contributed by atoms with Gasteiger partial charge in [-0.05, 0) is 61.1 Å². The zero-order valence-electron chi connectivity index (χ0n) is 16.5. The molecule has 2 aliphatic rings. The zero-order chi connectivity index (χ0) is 21.4. The topological polar surface area (TPSA) is 75.8 Å². The number of primary amides is 1. The average Bonchev–Trinajstić information content (AvgIpc) is 2.92. The van der Waals surface area contributed by atoms with E-state index in [2.05, 4.69) is 4.99 Å². The molecule has 7 heteroatoms. The van der Waals surface area contributed by atoms with Gasteiger partial charge < -0.3 is 10.6 Å². The Labute approximate surface area is 172 Å². The molecule has 0 saturated carbocycles. The monoisotopic (exact) mass is 409 g/mol. The fraction of sp³-hybridized carbons (Fsp3) is 0.261. The van der Waals surface area contributed by atoms with Crippen molar-refractivity contribution in [1.82, 2.24) is 0 Å². The van der Waals surface area contributed by atoms with Crippen LogP contribution in [0.2, 0.25) is 0 Å². The summed E-state index contributed by atoms with van der Waals surface area (Å²) in [5.74, 6) is -2.83. The Morgan fingerprint density at radius 3 is 2.57 bits per heavy atom. The number of halogens is 2.